The first-order valence-corrected chi connectivity index (χ1v) is 10.6. The van der Waals surface area contributed by atoms with Crippen LogP contribution in [0.3, 0.4) is 0 Å². The summed E-state index contributed by atoms with van der Waals surface area (Å²) < 4.78 is 0. The Balaban J connectivity index is 0.000000355. The lowest BCUT2D eigenvalue weighted by atomic mass is 9.90. The van der Waals surface area contributed by atoms with Crippen molar-refractivity contribution < 1.29 is 24.9 Å². The van der Waals surface area contributed by atoms with Gasteiger partial charge in [0.15, 0.2) is 0 Å². The molecule has 0 amide bonds. The van der Waals surface area contributed by atoms with E-state index in [0.717, 1.165) is 61.5 Å². The lowest BCUT2D eigenvalue weighted by molar-refractivity contribution is -0.135. The van der Waals surface area contributed by atoms with Crippen molar-refractivity contribution in [1.82, 2.24) is 24.8 Å². The lowest BCUT2D eigenvalue weighted by Gasteiger charge is -2.32. The molecule has 0 saturated heterocycles. The minimum atomic E-state index is -0.833. The molecule has 10 nitrogen and oxygen atoms in total. The Morgan fingerprint density at radius 2 is 1.82 bits per heavy atom. The van der Waals surface area contributed by atoms with Crippen molar-refractivity contribution in [2.75, 3.05) is 6.54 Å². The van der Waals surface area contributed by atoms with Gasteiger partial charge in [0.05, 0.1) is 17.7 Å². The lowest BCUT2D eigenvalue weighted by Crippen LogP contribution is -2.33. The number of hydrogen-bond donors (Lipinski definition) is 5. The highest BCUT2D eigenvalue weighted by molar-refractivity contribution is 5.79. The van der Waals surface area contributed by atoms with E-state index in [0.29, 0.717) is 5.75 Å². The summed E-state index contributed by atoms with van der Waals surface area (Å²) in [6, 6.07) is 11.6. The van der Waals surface area contributed by atoms with Crippen molar-refractivity contribution in [2.45, 2.75) is 32.9 Å². The number of aromatic hydroxyl groups is 1. The average Bonchev–Trinajstić information content (AvgIpc) is 3.40. The van der Waals surface area contributed by atoms with E-state index in [1.807, 2.05) is 24.4 Å². The molecule has 5 rings (SSSR count). The van der Waals surface area contributed by atoms with Crippen LogP contribution >= 0.6 is 0 Å². The Kier molecular flexibility index (Phi) is 7.99. The molecule has 5 N–H and O–H groups in total. The van der Waals surface area contributed by atoms with Crippen LogP contribution in [0.2, 0.25) is 0 Å². The first-order valence-electron chi connectivity index (χ1n) is 10.6. The number of rotatable bonds is 3. The van der Waals surface area contributed by atoms with Crippen LogP contribution in [-0.2, 0) is 22.7 Å². The van der Waals surface area contributed by atoms with E-state index in [2.05, 4.69) is 37.0 Å². The van der Waals surface area contributed by atoms with Crippen molar-refractivity contribution in [3.8, 4) is 5.75 Å². The third-order valence-electron chi connectivity index (χ3n) is 5.11. The maximum atomic E-state index is 9.88. The Morgan fingerprint density at radius 3 is 2.53 bits per heavy atom. The second kappa shape index (κ2) is 11.1. The Labute approximate surface area is 195 Å². The Hall–Kier alpha value is -4.18. The van der Waals surface area contributed by atoms with Gasteiger partial charge >= 0.3 is 0 Å². The fraction of sp³-hybridized carbons (Fsp3) is 0.250. The number of aromatic nitrogens is 4. The number of carboxylic acid groups (broad SMARTS) is 2. The van der Waals surface area contributed by atoms with Gasteiger partial charge in [-0.05, 0) is 35.4 Å². The minimum absolute atomic E-state index is 0.139. The predicted molar refractivity (Wildman–Crippen MR) is 125 cm³/mol. The molecular weight excluding hydrogens is 438 g/mol. The third kappa shape index (κ3) is 6.42. The number of carboxylic acids is 2. The number of nitrogens with one attached hydrogen (secondary N) is 2. The zero-order valence-electron chi connectivity index (χ0n) is 18.9. The maximum Gasteiger partial charge on any atom is 0.300 e. The second-order valence-corrected chi connectivity index (χ2v) is 7.84. The quantitative estimate of drug-likeness (QED) is 0.309. The molecule has 0 radical (unpaired) electrons. The first-order chi connectivity index (χ1) is 16.2. The number of carbonyl (C=O) groups is 2. The molecule has 3 aromatic heterocycles. The fourth-order valence-electron chi connectivity index (χ4n) is 3.90. The average molecular weight is 466 g/mol. The minimum Gasteiger partial charge on any atom is -0.508 e. The van der Waals surface area contributed by atoms with Crippen LogP contribution in [0.1, 0.15) is 42.3 Å². The summed E-state index contributed by atoms with van der Waals surface area (Å²) in [6.07, 6.45) is 5.61. The molecule has 1 atom stereocenters. The van der Waals surface area contributed by atoms with E-state index in [4.69, 9.17) is 19.8 Å². The predicted octanol–water partition coefficient (Wildman–Crippen LogP) is 3.32. The summed E-state index contributed by atoms with van der Waals surface area (Å²) in [5.74, 6) is -1.24. The largest absolute Gasteiger partial charge is 0.508 e. The van der Waals surface area contributed by atoms with Crippen molar-refractivity contribution >= 4 is 23.0 Å². The molecule has 1 aromatic carbocycles. The first kappa shape index (κ1) is 24.5. The molecule has 0 fully saturated rings. The van der Waals surface area contributed by atoms with Crippen molar-refractivity contribution in [1.29, 1.82) is 0 Å². The normalized spacial score (nSPS) is 14.8. The molecule has 4 aromatic rings. The van der Waals surface area contributed by atoms with Gasteiger partial charge in [0.2, 0.25) is 0 Å². The van der Waals surface area contributed by atoms with Gasteiger partial charge in [0.1, 0.15) is 11.4 Å². The molecule has 34 heavy (non-hydrogen) atoms. The number of imidazole rings is 1. The molecule has 0 spiro atoms. The van der Waals surface area contributed by atoms with Crippen LogP contribution in [0.15, 0.2) is 55.1 Å². The summed E-state index contributed by atoms with van der Waals surface area (Å²) in [5.41, 5.74) is 5.47. The molecule has 0 bridgehead atoms. The van der Waals surface area contributed by atoms with Gasteiger partial charge in [-0.3, -0.25) is 14.5 Å². The molecule has 0 saturated carbocycles. The molecule has 0 aliphatic carbocycles. The number of phenols is 1. The van der Waals surface area contributed by atoms with Crippen molar-refractivity contribution in [2.24, 2.45) is 0 Å². The SMILES string of the molecule is CC(=O)O.CC(=O)O.Oc1cccc(C2CN(Cc3c[nH]c4ncccc34)Cc3[nH]cnc32)c1. The van der Waals surface area contributed by atoms with Gasteiger partial charge in [-0.15, -0.1) is 0 Å². The highest BCUT2D eigenvalue weighted by Crippen LogP contribution is 2.33. The topological polar surface area (TPSA) is 155 Å². The second-order valence-electron chi connectivity index (χ2n) is 7.84. The number of aliphatic carboxylic acids is 2. The number of aromatic amines is 2. The van der Waals surface area contributed by atoms with Gasteiger partial charge in [-0.25, -0.2) is 9.97 Å². The summed E-state index contributed by atoms with van der Waals surface area (Å²) in [6.45, 7) is 4.69. The van der Waals surface area contributed by atoms with E-state index < -0.39 is 11.9 Å². The number of phenolic OH excluding ortho intramolecular Hbond substituents is 1. The smallest absolute Gasteiger partial charge is 0.300 e. The van der Waals surface area contributed by atoms with Crippen LogP contribution in [0.4, 0.5) is 0 Å². The van der Waals surface area contributed by atoms with Crippen molar-refractivity contribution in [3.05, 3.63) is 77.6 Å². The highest BCUT2D eigenvalue weighted by Gasteiger charge is 2.29. The Bertz CT molecular complexity index is 1250. The van der Waals surface area contributed by atoms with Crippen LogP contribution < -0.4 is 0 Å². The fourth-order valence-corrected chi connectivity index (χ4v) is 3.90. The summed E-state index contributed by atoms with van der Waals surface area (Å²) in [5, 5.41) is 25.9. The van der Waals surface area contributed by atoms with Crippen LogP contribution in [0.25, 0.3) is 11.0 Å². The van der Waals surface area contributed by atoms with Crippen molar-refractivity contribution in [3.63, 3.8) is 0 Å². The van der Waals surface area contributed by atoms with Gasteiger partial charge in [0.25, 0.3) is 11.9 Å². The molecule has 1 aliphatic rings. The van der Waals surface area contributed by atoms with Crippen LogP contribution in [-0.4, -0.2) is 58.6 Å². The van der Waals surface area contributed by atoms with E-state index in [-0.39, 0.29) is 5.92 Å². The third-order valence-corrected chi connectivity index (χ3v) is 5.11. The highest BCUT2D eigenvalue weighted by atomic mass is 16.4. The monoisotopic (exact) mass is 465 g/mol. The maximum absolute atomic E-state index is 9.88. The zero-order chi connectivity index (χ0) is 24.7. The number of pyridine rings is 1. The van der Waals surface area contributed by atoms with Gasteiger partial charge in [0, 0.05) is 57.2 Å². The van der Waals surface area contributed by atoms with Gasteiger partial charge in [-0.2, -0.15) is 0 Å². The van der Waals surface area contributed by atoms with E-state index in [1.165, 1.54) is 5.56 Å². The van der Waals surface area contributed by atoms with Gasteiger partial charge < -0.3 is 25.3 Å². The molecular formula is C24H27N5O5. The van der Waals surface area contributed by atoms with Crippen LogP contribution in [0.5, 0.6) is 5.75 Å². The molecule has 1 unspecified atom stereocenters. The molecule has 10 heteroatoms. The summed E-state index contributed by atoms with van der Waals surface area (Å²) >= 11 is 0. The Morgan fingerprint density at radius 1 is 1.09 bits per heavy atom. The number of H-pyrrole nitrogens is 2. The zero-order valence-corrected chi connectivity index (χ0v) is 18.9. The molecule has 1 aliphatic heterocycles. The number of nitrogens with zero attached hydrogens (tertiary/aromatic N) is 3. The van der Waals surface area contributed by atoms with E-state index >= 15 is 0 Å². The van der Waals surface area contributed by atoms with Gasteiger partial charge in [-0.1, -0.05) is 12.1 Å². The molecule has 178 valence electrons. The van der Waals surface area contributed by atoms with Crippen LogP contribution in [0, 0.1) is 0 Å². The standard InChI is InChI=1S/C20H19N5O.2C2H4O2/c26-15-4-1-3-13(7-15)17-10-25(11-18-19(17)24-12-23-18)9-14-8-22-20-16(14)5-2-6-21-20;2*1-2(3)4/h1-8,12,17,26H,9-11H2,(H,21,22)(H,23,24);2*1H3,(H,3,4). The summed E-state index contributed by atoms with van der Waals surface area (Å²) in [7, 11) is 0. The number of benzene rings is 1. The number of hydrogen-bond acceptors (Lipinski definition) is 6. The number of fused-ring (bicyclic) bond motifs is 2. The van der Waals surface area contributed by atoms with E-state index in [9.17, 15) is 5.11 Å². The molecule has 4 heterocycles. The van der Waals surface area contributed by atoms with E-state index in [1.54, 1.807) is 18.6 Å². The summed E-state index contributed by atoms with van der Waals surface area (Å²) in [4.78, 5) is 35.9.